The van der Waals surface area contributed by atoms with Crippen LogP contribution in [0.4, 0.5) is 0 Å². The summed E-state index contributed by atoms with van der Waals surface area (Å²) in [6.07, 6.45) is 15.4. The fraction of sp³-hybridized carbons (Fsp3) is 0.750. The average Bonchev–Trinajstić information content (AvgIpc) is 3.22. The smallest absolute Gasteiger partial charge is 0.0127 e. The summed E-state index contributed by atoms with van der Waals surface area (Å²) in [5, 5.41) is 0. The van der Waals surface area contributed by atoms with Crippen molar-refractivity contribution in [3.8, 4) is 0 Å². The largest absolute Gasteiger partial charge is 0.300 e. The standard InChI is InChI=1S/C24H37N/c1-3-7-21-11-10-19(16-20(21)4-2)17-22-8-5-9-23(22)25-15-14-24(18-25)12-6-13-24/h10-11,16,22-23H,3-9,12-15,17-18H2,1-2H3. The van der Waals surface area contributed by atoms with Crippen LogP contribution in [0.15, 0.2) is 18.2 Å². The van der Waals surface area contributed by atoms with Gasteiger partial charge in [0.15, 0.2) is 0 Å². The monoisotopic (exact) mass is 339 g/mol. The molecule has 1 nitrogen and oxygen atoms in total. The predicted molar refractivity (Wildman–Crippen MR) is 107 cm³/mol. The second kappa shape index (κ2) is 7.43. The molecule has 3 fully saturated rings. The van der Waals surface area contributed by atoms with Crippen molar-refractivity contribution in [2.45, 2.75) is 90.5 Å². The van der Waals surface area contributed by atoms with Crippen molar-refractivity contribution in [3.63, 3.8) is 0 Å². The van der Waals surface area contributed by atoms with Gasteiger partial charge in [-0.1, -0.05) is 51.3 Å². The normalized spacial score (nSPS) is 28.6. The van der Waals surface area contributed by atoms with Crippen molar-refractivity contribution < 1.29 is 0 Å². The van der Waals surface area contributed by atoms with Crippen LogP contribution in [-0.2, 0) is 19.3 Å². The first-order valence-electron chi connectivity index (χ1n) is 11.1. The number of nitrogens with zero attached hydrogens (tertiary/aromatic N) is 1. The molecule has 2 atom stereocenters. The number of rotatable bonds is 6. The molecule has 1 heterocycles. The average molecular weight is 340 g/mol. The van der Waals surface area contributed by atoms with Crippen molar-refractivity contribution in [2.75, 3.05) is 13.1 Å². The van der Waals surface area contributed by atoms with E-state index in [1.165, 1.54) is 83.7 Å². The topological polar surface area (TPSA) is 3.24 Å². The van der Waals surface area contributed by atoms with Gasteiger partial charge in [0.2, 0.25) is 0 Å². The van der Waals surface area contributed by atoms with E-state index in [1.54, 1.807) is 16.7 Å². The van der Waals surface area contributed by atoms with Crippen LogP contribution in [0.25, 0.3) is 0 Å². The van der Waals surface area contributed by atoms with Crippen molar-refractivity contribution >= 4 is 0 Å². The Hall–Kier alpha value is -0.820. The first-order chi connectivity index (χ1) is 12.2. The zero-order chi connectivity index (χ0) is 17.3. The number of aryl methyl sites for hydroxylation is 2. The van der Waals surface area contributed by atoms with Crippen LogP contribution in [0, 0.1) is 11.3 Å². The second-order valence-corrected chi connectivity index (χ2v) is 9.24. The van der Waals surface area contributed by atoms with E-state index in [2.05, 4.69) is 36.9 Å². The van der Waals surface area contributed by atoms with Crippen molar-refractivity contribution in [1.29, 1.82) is 0 Å². The molecule has 0 N–H and O–H groups in total. The first kappa shape index (κ1) is 17.6. The fourth-order valence-corrected chi connectivity index (χ4v) is 6.03. The Morgan fingerprint density at radius 3 is 2.60 bits per heavy atom. The molecule has 0 radical (unpaired) electrons. The molecule has 1 spiro atoms. The minimum atomic E-state index is 0.754. The molecule has 1 aromatic rings. The Morgan fingerprint density at radius 2 is 1.92 bits per heavy atom. The lowest BCUT2D eigenvalue weighted by Crippen LogP contribution is -2.40. The summed E-state index contributed by atoms with van der Waals surface area (Å²) >= 11 is 0. The quantitative estimate of drug-likeness (QED) is 0.634. The van der Waals surface area contributed by atoms with Gasteiger partial charge in [-0.2, -0.15) is 0 Å². The Morgan fingerprint density at radius 1 is 1.04 bits per heavy atom. The molecule has 2 unspecified atom stereocenters. The lowest BCUT2D eigenvalue weighted by Gasteiger charge is -2.39. The number of hydrogen-bond acceptors (Lipinski definition) is 1. The van der Waals surface area contributed by atoms with Crippen molar-refractivity contribution in [2.24, 2.45) is 11.3 Å². The highest BCUT2D eigenvalue weighted by atomic mass is 15.2. The van der Waals surface area contributed by atoms with Gasteiger partial charge in [0.1, 0.15) is 0 Å². The SMILES string of the molecule is CCCc1ccc(CC2CCCC2N2CCC3(CCC3)C2)cc1CC. The van der Waals surface area contributed by atoms with Gasteiger partial charge in [0.25, 0.3) is 0 Å². The molecule has 2 aliphatic carbocycles. The third-order valence-corrected chi connectivity index (χ3v) is 7.64. The number of likely N-dealkylation sites (tertiary alicyclic amines) is 1. The molecule has 3 aliphatic rings. The van der Waals surface area contributed by atoms with Crippen molar-refractivity contribution in [3.05, 3.63) is 34.9 Å². The first-order valence-corrected chi connectivity index (χ1v) is 11.1. The number of hydrogen-bond donors (Lipinski definition) is 0. The highest BCUT2D eigenvalue weighted by Crippen LogP contribution is 2.50. The molecule has 0 bridgehead atoms. The zero-order valence-corrected chi connectivity index (χ0v) is 16.5. The maximum Gasteiger partial charge on any atom is 0.0127 e. The van der Waals surface area contributed by atoms with Gasteiger partial charge >= 0.3 is 0 Å². The molecular formula is C24H37N. The van der Waals surface area contributed by atoms with Gasteiger partial charge in [0, 0.05) is 12.6 Å². The summed E-state index contributed by atoms with van der Waals surface area (Å²) < 4.78 is 0. The van der Waals surface area contributed by atoms with Gasteiger partial charge in [-0.05, 0) is 85.9 Å². The molecule has 1 aliphatic heterocycles. The van der Waals surface area contributed by atoms with Gasteiger partial charge in [-0.25, -0.2) is 0 Å². The summed E-state index contributed by atoms with van der Waals surface area (Å²) in [6.45, 7) is 7.42. The van der Waals surface area contributed by atoms with E-state index in [-0.39, 0.29) is 0 Å². The molecule has 2 saturated carbocycles. The van der Waals surface area contributed by atoms with E-state index in [4.69, 9.17) is 0 Å². The molecule has 0 amide bonds. The van der Waals surface area contributed by atoms with Crippen LogP contribution in [0.1, 0.15) is 81.9 Å². The Kier molecular flexibility index (Phi) is 5.23. The maximum atomic E-state index is 2.91. The summed E-state index contributed by atoms with van der Waals surface area (Å²) in [6, 6.07) is 8.29. The minimum Gasteiger partial charge on any atom is -0.300 e. The van der Waals surface area contributed by atoms with Crippen LogP contribution < -0.4 is 0 Å². The van der Waals surface area contributed by atoms with Crippen LogP contribution in [0.3, 0.4) is 0 Å². The molecule has 1 saturated heterocycles. The molecule has 0 aromatic heterocycles. The summed E-state index contributed by atoms with van der Waals surface area (Å²) in [4.78, 5) is 2.91. The third-order valence-electron chi connectivity index (χ3n) is 7.64. The lowest BCUT2D eigenvalue weighted by molar-refractivity contribution is 0.113. The Bertz CT molecular complexity index is 586. The molecule has 138 valence electrons. The molecular weight excluding hydrogens is 302 g/mol. The van der Waals surface area contributed by atoms with Crippen LogP contribution >= 0.6 is 0 Å². The van der Waals surface area contributed by atoms with Gasteiger partial charge < -0.3 is 0 Å². The minimum absolute atomic E-state index is 0.754. The predicted octanol–water partition coefficient (Wildman–Crippen LogP) is 5.79. The third kappa shape index (κ3) is 3.54. The van der Waals surface area contributed by atoms with Gasteiger partial charge in [-0.3, -0.25) is 4.90 Å². The molecule has 1 heteroatoms. The summed E-state index contributed by atoms with van der Waals surface area (Å²) in [7, 11) is 0. The Balaban J connectivity index is 1.43. The van der Waals surface area contributed by atoms with E-state index in [0.717, 1.165) is 17.4 Å². The van der Waals surface area contributed by atoms with E-state index < -0.39 is 0 Å². The van der Waals surface area contributed by atoms with E-state index in [0.29, 0.717) is 0 Å². The second-order valence-electron chi connectivity index (χ2n) is 9.24. The summed E-state index contributed by atoms with van der Waals surface area (Å²) in [5.41, 5.74) is 5.54. The fourth-order valence-electron chi connectivity index (χ4n) is 6.03. The van der Waals surface area contributed by atoms with E-state index >= 15 is 0 Å². The van der Waals surface area contributed by atoms with Crippen LogP contribution in [0.5, 0.6) is 0 Å². The van der Waals surface area contributed by atoms with E-state index in [9.17, 15) is 0 Å². The van der Waals surface area contributed by atoms with Gasteiger partial charge in [0.05, 0.1) is 0 Å². The number of benzene rings is 1. The molecule has 4 rings (SSSR count). The lowest BCUT2D eigenvalue weighted by atomic mass is 9.68. The van der Waals surface area contributed by atoms with E-state index in [1.807, 2.05) is 0 Å². The van der Waals surface area contributed by atoms with Crippen molar-refractivity contribution in [1.82, 2.24) is 4.90 Å². The highest BCUT2D eigenvalue weighted by Gasteiger charge is 2.46. The van der Waals surface area contributed by atoms with Crippen LogP contribution in [0.2, 0.25) is 0 Å². The molecule has 25 heavy (non-hydrogen) atoms. The maximum absolute atomic E-state index is 2.91. The highest BCUT2D eigenvalue weighted by molar-refractivity contribution is 5.32. The Labute approximate surface area is 155 Å². The zero-order valence-electron chi connectivity index (χ0n) is 16.5. The van der Waals surface area contributed by atoms with Crippen LogP contribution in [-0.4, -0.2) is 24.0 Å². The molecule has 1 aromatic carbocycles. The van der Waals surface area contributed by atoms with Gasteiger partial charge in [-0.15, -0.1) is 0 Å². The summed E-state index contributed by atoms with van der Waals surface area (Å²) in [5.74, 6) is 0.900.